The Bertz CT molecular complexity index is 554. The van der Waals surface area contributed by atoms with Crippen LogP contribution in [0.15, 0.2) is 4.99 Å². The normalized spacial score (nSPS) is 16.0. The molecule has 0 atom stereocenters. The zero-order valence-corrected chi connectivity index (χ0v) is 15.9. The number of nitrogens with zero attached hydrogens (tertiary/aromatic N) is 2. The van der Waals surface area contributed by atoms with Crippen LogP contribution in [0, 0.1) is 5.92 Å². The van der Waals surface area contributed by atoms with E-state index < -0.39 is 23.4 Å². The van der Waals surface area contributed by atoms with E-state index in [1.165, 1.54) is 0 Å². The maximum Gasteiger partial charge on any atom is 0.437 e. The van der Waals surface area contributed by atoms with Crippen LogP contribution < -0.4 is 10.6 Å². The van der Waals surface area contributed by atoms with Crippen LogP contribution in [0.4, 0.5) is 9.59 Å². The number of amides is 3. The Balaban J connectivity index is 2.83. The molecule has 9 nitrogen and oxygen atoms in total. The fraction of sp³-hybridized carbons (Fsp3) is 0.750. The highest BCUT2D eigenvalue weighted by Gasteiger charge is 2.36. The Morgan fingerprint density at radius 1 is 1.00 bits per heavy atom. The Hall–Kier alpha value is -2.32. The van der Waals surface area contributed by atoms with Crippen molar-refractivity contribution in [3.05, 3.63) is 0 Å². The predicted octanol–water partition coefficient (Wildman–Crippen LogP) is 1.48. The average molecular weight is 356 g/mol. The molecule has 3 amide bonds. The minimum absolute atomic E-state index is 0.00338. The number of hydrogen-bond acceptors (Lipinski definition) is 5. The lowest BCUT2D eigenvalue weighted by Crippen LogP contribution is -2.59. The van der Waals surface area contributed by atoms with Gasteiger partial charge >= 0.3 is 12.2 Å². The molecule has 0 radical (unpaired) electrons. The molecule has 142 valence electrons. The maximum atomic E-state index is 12.0. The van der Waals surface area contributed by atoms with E-state index in [9.17, 15) is 14.4 Å². The first kappa shape index (κ1) is 20.7. The minimum Gasteiger partial charge on any atom is -0.444 e. The van der Waals surface area contributed by atoms with E-state index in [1.54, 1.807) is 53.5 Å². The first-order chi connectivity index (χ1) is 11.3. The molecule has 1 rings (SSSR count). The molecular formula is C16H28N4O5. The molecule has 9 heteroatoms. The van der Waals surface area contributed by atoms with Gasteiger partial charge < -0.3 is 19.7 Å². The molecule has 1 saturated heterocycles. The summed E-state index contributed by atoms with van der Waals surface area (Å²) >= 11 is 0. The van der Waals surface area contributed by atoms with Crippen molar-refractivity contribution in [2.45, 2.75) is 52.7 Å². The zero-order chi connectivity index (χ0) is 19.4. The number of rotatable bonds is 1. The molecule has 0 saturated carbocycles. The lowest BCUT2D eigenvalue weighted by molar-refractivity contribution is -0.128. The number of likely N-dealkylation sites (tertiary alicyclic amines) is 1. The van der Waals surface area contributed by atoms with Crippen molar-refractivity contribution in [1.29, 1.82) is 0 Å². The first-order valence-electron chi connectivity index (χ1n) is 8.09. The molecule has 25 heavy (non-hydrogen) atoms. The molecule has 2 N–H and O–H groups in total. The van der Waals surface area contributed by atoms with Crippen LogP contribution in [0.1, 0.15) is 41.5 Å². The van der Waals surface area contributed by atoms with Crippen molar-refractivity contribution in [3.8, 4) is 0 Å². The topological polar surface area (TPSA) is 109 Å². The highest BCUT2D eigenvalue weighted by atomic mass is 16.6. The van der Waals surface area contributed by atoms with Crippen LogP contribution >= 0.6 is 0 Å². The van der Waals surface area contributed by atoms with Crippen molar-refractivity contribution >= 4 is 24.1 Å². The summed E-state index contributed by atoms with van der Waals surface area (Å²) in [5.74, 6) is -0.330. The molecule has 0 aromatic heterocycles. The zero-order valence-electron chi connectivity index (χ0n) is 15.9. The van der Waals surface area contributed by atoms with Crippen LogP contribution in [0.5, 0.6) is 0 Å². The molecule has 0 bridgehead atoms. The molecule has 1 aliphatic rings. The average Bonchev–Trinajstić information content (AvgIpc) is 2.31. The third kappa shape index (κ3) is 7.40. The van der Waals surface area contributed by atoms with Crippen LogP contribution in [-0.4, -0.2) is 60.3 Å². The van der Waals surface area contributed by atoms with E-state index in [0.717, 1.165) is 0 Å². The minimum atomic E-state index is -0.832. The van der Waals surface area contributed by atoms with Gasteiger partial charge in [-0.25, -0.2) is 9.59 Å². The molecule has 1 aliphatic heterocycles. The number of ether oxygens (including phenoxy) is 2. The summed E-state index contributed by atoms with van der Waals surface area (Å²) in [5.41, 5.74) is -1.40. The molecule has 0 aromatic carbocycles. The monoisotopic (exact) mass is 356 g/mol. The van der Waals surface area contributed by atoms with Crippen LogP contribution in [0.3, 0.4) is 0 Å². The summed E-state index contributed by atoms with van der Waals surface area (Å²) in [5, 5.41) is 5.01. The second-order valence-electron chi connectivity index (χ2n) is 7.76. The molecule has 1 heterocycles. The summed E-state index contributed by atoms with van der Waals surface area (Å²) < 4.78 is 10.3. The van der Waals surface area contributed by atoms with Crippen molar-refractivity contribution in [2.24, 2.45) is 10.9 Å². The Morgan fingerprint density at radius 2 is 1.52 bits per heavy atom. The molecule has 0 spiro atoms. The fourth-order valence-corrected chi connectivity index (χ4v) is 1.97. The van der Waals surface area contributed by atoms with Crippen molar-refractivity contribution < 1.29 is 23.9 Å². The number of alkyl carbamates (subject to hydrolysis) is 1. The van der Waals surface area contributed by atoms with Crippen molar-refractivity contribution in [1.82, 2.24) is 15.5 Å². The van der Waals surface area contributed by atoms with Gasteiger partial charge in [-0.3, -0.25) is 10.1 Å². The van der Waals surface area contributed by atoms with E-state index in [4.69, 9.17) is 9.47 Å². The van der Waals surface area contributed by atoms with Gasteiger partial charge in [-0.1, -0.05) is 0 Å². The summed E-state index contributed by atoms with van der Waals surface area (Å²) in [6, 6.07) is 0. The standard InChI is InChI=1S/C16H28N4O5/c1-15(2,3)24-13(22)18-12(19-14(23)25-16(4,5)6)20-8-10(9-20)11(21)17-7/h10H,8-9H2,1-7H3,(H,17,21)(H,18,19,22,23). The lowest BCUT2D eigenvalue weighted by Gasteiger charge is -2.39. The lowest BCUT2D eigenvalue weighted by atomic mass is 10.00. The Kier molecular flexibility index (Phi) is 6.39. The number of carbonyl (C=O) groups excluding carboxylic acids is 3. The van der Waals surface area contributed by atoms with Gasteiger partial charge in [0.05, 0.1) is 5.92 Å². The van der Waals surface area contributed by atoms with Gasteiger partial charge in [-0.2, -0.15) is 0 Å². The van der Waals surface area contributed by atoms with Gasteiger partial charge in [-0.15, -0.1) is 4.99 Å². The summed E-state index contributed by atoms with van der Waals surface area (Å²) in [7, 11) is 1.56. The van der Waals surface area contributed by atoms with Gasteiger partial charge in [0.25, 0.3) is 0 Å². The second kappa shape index (κ2) is 7.71. The Labute approximate surface area is 148 Å². The third-order valence-corrected chi connectivity index (χ3v) is 3.00. The van der Waals surface area contributed by atoms with E-state index >= 15 is 0 Å². The first-order valence-corrected chi connectivity index (χ1v) is 8.09. The van der Waals surface area contributed by atoms with Crippen LogP contribution in [-0.2, 0) is 14.3 Å². The summed E-state index contributed by atoms with van der Waals surface area (Å²) in [4.78, 5) is 40.9. The largest absolute Gasteiger partial charge is 0.444 e. The van der Waals surface area contributed by atoms with Gasteiger partial charge in [0.15, 0.2) is 0 Å². The second-order valence-corrected chi connectivity index (χ2v) is 7.76. The number of aliphatic imine (C=N–C) groups is 1. The third-order valence-electron chi connectivity index (χ3n) is 3.00. The quantitative estimate of drug-likeness (QED) is 0.544. The predicted molar refractivity (Wildman–Crippen MR) is 92.2 cm³/mol. The van der Waals surface area contributed by atoms with Crippen LogP contribution in [0.25, 0.3) is 0 Å². The highest BCUT2D eigenvalue weighted by Crippen LogP contribution is 2.17. The number of hydrogen-bond donors (Lipinski definition) is 2. The summed E-state index contributed by atoms with van der Waals surface area (Å²) in [6.07, 6.45) is -1.57. The molecule has 0 unspecified atom stereocenters. The smallest absolute Gasteiger partial charge is 0.437 e. The molecule has 0 aliphatic carbocycles. The van der Waals surface area contributed by atoms with Crippen LogP contribution in [0.2, 0.25) is 0 Å². The highest BCUT2D eigenvalue weighted by molar-refractivity contribution is 6.00. The van der Waals surface area contributed by atoms with Gasteiger partial charge in [0.2, 0.25) is 11.9 Å². The van der Waals surface area contributed by atoms with E-state index in [-0.39, 0.29) is 17.8 Å². The summed E-state index contributed by atoms with van der Waals surface area (Å²) in [6.45, 7) is 11.0. The van der Waals surface area contributed by atoms with Crippen molar-refractivity contribution in [2.75, 3.05) is 20.1 Å². The van der Waals surface area contributed by atoms with Gasteiger partial charge in [-0.05, 0) is 41.5 Å². The fourth-order valence-electron chi connectivity index (χ4n) is 1.97. The molecule has 1 fully saturated rings. The van der Waals surface area contributed by atoms with E-state index in [2.05, 4.69) is 15.6 Å². The Morgan fingerprint density at radius 3 is 1.96 bits per heavy atom. The molecular weight excluding hydrogens is 328 g/mol. The number of guanidine groups is 1. The number of carbonyl (C=O) groups is 3. The van der Waals surface area contributed by atoms with E-state index in [0.29, 0.717) is 13.1 Å². The molecule has 0 aromatic rings. The van der Waals surface area contributed by atoms with Crippen molar-refractivity contribution in [3.63, 3.8) is 0 Å². The SMILES string of the molecule is CNC(=O)C1CN(C(=NC(=O)OC(C)(C)C)NC(=O)OC(C)(C)C)C1. The van der Waals surface area contributed by atoms with Gasteiger partial charge in [0, 0.05) is 20.1 Å². The van der Waals surface area contributed by atoms with E-state index in [1.807, 2.05) is 0 Å². The van der Waals surface area contributed by atoms with Gasteiger partial charge in [0.1, 0.15) is 11.2 Å². The maximum absolute atomic E-state index is 12.0. The number of nitrogens with one attached hydrogen (secondary N) is 2.